The second-order valence-electron chi connectivity index (χ2n) is 12.6. The number of rotatable bonds is 7. The number of carbonyl (C=O) groups is 2. The Hall–Kier alpha value is -3.62. The number of thiazole rings is 1. The molecule has 5 rings (SSSR count). The first-order valence-corrected chi connectivity index (χ1v) is 15.4. The quantitative estimate of drug-likeness (QED) is 0.352. The second kappa shape index (κ2) is 12.4. The van der Waals surface area contributed by atoms with Gasteiger partial charge in [-0.25, -0.2) is 18.6 Å². The SMILES string of the molecule is CN([C@@H]1CCCN(c2c(NC(=O)c3nc(-c4c(F)cccc4F)sc3NC(=O)OC(C)(C)C)cnn2C)CC1)C1(C)COC1. The number of carbonyl (C=O) groups excluding carboxylic acids is 2. The molecule has 3 aromatic rings. The number of likely N-dealkylation sites (N-methyl/N-ethyl adjacent to an activating group) is 1. The largest absolute Gasteiger partial charge is 0.444 e. The molecule has 2 amide bonds. The van der Waals surface area contributed by atoms with Crippen molar-refractivity contribution in [3.63, 3.8) is 0 Å². The number of hydrogen-bond donors (Lipinski definition) is 2. The van der Waals surface area contributed by atoms with Crippen molar-refractivity contribution in [3.8, 4) is 10.6 Å². The first-order chi connectivity index (χ1) is 20.8. The molecule has 1 aromatic carbocycles. The third-order valence-electron chi connectivity index (χ3n) is 8.01. The standard InChI is InChI=1S/C30H39F2N7O4S/c1-29(2,3)43-28(41)36-26-23(35-25(44-26)22-19(31)10-7-11-20(22)32)24(40)34-21-15-33-38(6)27(21)39-13-8-9-18(12-14-39)37(5)30(4)16-42-17-30/h7,10-11,15,18H,8-9,12-14,16-17H2,1-6H3,(H,34,40)(H,36,41)/t18-/m1/s1. The zero-order valence-electron chi connectivity index (χ0n) is 25.9. The van der Waals surface area contributed by atoms with E-state index >= 15 is 0 Å². The molecule has 2 aromatic heterocycles. The zero-order chi connectivity index (χ0) is 31.8. The molecule has 2 saturated heterocycles. The van der Waals surface area contributed by atoms with Gasteiger partial charge in [0.2, 0.25) is 0 Å². The Balaban J connectivity index is 1.39. The van der Waals surface area contributed by atoms with Crippen LogP contribution in [0.2, 0.25) is 0 Å². The summed E-state index contributed by atoms with van der Waals surface area (Å²) in [7, 11) is 3.97. The van der Waals surface area contributed by atoms with Crippen molar-refractivity contribution in [1.29, 1.82) is 0 Å². The summed E-state index contributed by atoms with van der Waals surface area (Å²) in [5, 5.41) is 9.70. The molecule has 238 valence electrons. The Morgan fingerprint density at radius 1 is 1.16 bits per heavy atom. The molecule has 0 bridgehead atoms. The predicted octanol–water partition coefficient (Wildman–Crippen LogP) is 5.50. The van der Waals surface area contributed by atoms with E-state index in [-0.39, 0.29) is 21.2 Å². The van der Waals surface area contributed by atoms with Crippen LogP contribution in [0.3, 0.4) is 0 Å². The number of amides is 2. The Kier molecular flexibility index (Phi) is 8.96. The minimum absolute atomic E-state index is 0.00559. The van der Waals surface area contributed by atoms with Crippen molar-refractivity contribution < 1.29 is 27.8 Å². The fraction of sp³-hybridized carbons (Fsp3) is 0.533. The molecule has 44 heavy (non-hydrogen) atoms. The summed E-state index contributed by atoms with van der Waals surface area (Å²) >= 11 is 0.777. The normalized spacial score (nSPS) is 18.5. The van der Waals surface area contributed by atoms with Crippen molar-refractivity contribution >= 4 is 39.8 Å². The molecule has 2 aliphatic heterocycles. The number of aromatic nitrogens is 3. The maximum atomic E-state index is 14.7. The van der Waals surface area contributed by atoms with Crippen LogP contribution < -0.4 is 15.5 Å². The average Bonchev–Trinajstić information content (AvgIpc) is 3.39. The molecule has 14 heteroatoms. The molecule has 0 saturated carbocycles. The molecule has 1 atom stereocenters. The third kappa shape index (κ3) is 6.71. The van der Waals surface area contributed by atoms with Crippen LogP contribution in [0.4, 0.5) is 30.1 Å². The van der Waals surface area contributed by atoms with Crippen LogP contribution in [0, 0.1) is 11.6 Å². The first-order valence-electron chi connectivity index (χ1n) is 14.6. The predicted molar refractivity (Wildman–Crippen MR) is 165 cm³/mol. The Labute approximate surface area is 259 Å². The molecule has 0 spiro atoms. The highest BCUT2D eigenvalue weighted by Gasteiger charge is 2.41. The number of nitrogens with zero attached hydrogens (tertiary/aromatic N) is 5. The average molecular weight is 632 g/mol. The van der Waals surface area contributed by atoms with Crippen LogP contribution >= 0.6 is 11.3 Å². The number of nitrogens with one attached hydrogen (secondary N) is 2. The van der Waals surface area contributed by atoms with Gasteiger partial charge in [-0.15, -0.1) is 0 Å². The fourth-order valence-electron chi connectivity index (χ4n) is 5.56. The monoisotopic (exact) mass is 631 g/mol. The summed E-state index contributed by atoms with van der Waals surface area (Å²) in [6.45, 7) is 10.3. The smallest absolute Gasteiger partial charge is 0.412 e. The molecular formula is C30H39F2N7O4S. The van der Waals surface area contributed by atoms with Gasteiger partial charge in [0.05, 0.1) is 30.5 Å². The van der Waals surface area contributed by atoms with Crippen LogP contribution in [0.15, 0.2) is 24.4 Å². The number of hydrogen-bond acceptors (Lipinski definition) is 9. The van der Waals surface area contributed by atoms with Gasteiger partial charge in [-0.1, -0.05) is 17.4 Å². The number of aryl methyl sites for hydroxylation is 1. The van der Waals surface area contributed by atoms with Gasteiger partial charge in [0, 0.05) is 26.2 Å². The number of anilines is 3. The lowest BCUT2D eigenvalue weighted by Crippen LogP contribution is -2.61. The van der Waals surface area contributed by atoms with Crippen molar-refractivity contribution in [2.24, 2.45) is 7.05 Å². The van der Waals surface area contributed by atoms with E-state index < -0.39 is 34.8 Å². The van der Waals surface area contributed by atoms with Crippen LogP contribution in [0.25, 0.3) is 10.6 Å². The van der Waals surface area contributed by atoms with Gasteiger partial charge in [-0.2, -0.15) is 5.10 Å². The van der Waals surface area contributed by atoms with Crippen LogP contribution in [0.5, 0.6) is 0 Å². The zero-order valence-corrected chi connectivity index (χ0v) is 26.7. The highest BCUT2D eigenvalue weighted by molar-refractivity contribution is 7.19. The van der Waals surface area contributed by atoms with Gasteiger partial charge in [0.15, 0.2) is 11.5 Å². The lowest BCUT2D eigenvalue weighted by molar-refractivity contribution is -0.135. The lowest BCUT2D eigenvalue weighted by atomic mass is 9.94. The van der Waals surface area contributed by atoms with E-state index in [2.05, 4.69) is 44.5 Å². The van der Waals surface area contributed by atoms with Crippen LogP contribution in [-0.2, 0) is 16.5 Å². The summed E-state index contributed by atoms with van der Waals surface area (Å²) in [4.78, 5) is 35.2. The number of halogens is 2. The van der Waals surface area contributed by atoms with E-state index in [9.17, 15) is 18.4 Å². The second-order valence-corrected chi connectivity index (χ2v) is 13.6. The summed E-state index contributed by atoms with van der Waals surface area (Å²) in [5.74, 6) is -1.62. The Bertz CT molecular complexity index is 1510. The highest BCUT2D eigenvalue weighted by atomic mass is 32.1. The maximum absolute atomic E-state index is 14.7. The molecule has 0 aliphatic carbocycles. The first kappa shape index (κ1) is 31.8. The van der Waals surface area contributed by atoms with E-state index in [1.807, 2.05) is 7.05 Å². The lowest BCUT2D eigenvalue weighted by Gasteiger charge is -2.48. The van der Waals surface area contributed by atoms with E-state index in [1.54, 1.807) is 31.6 Å². The van der Waals surface area contributed by atoms with Crippen LogP contribution in [-0.4, -0.2) is 82.2 Å². The molecule has 0 unspecified atom stereocenters. The van der Waals surface area contributed by atoms with E-state index in [0.29, 0.717) is 11.7 Å². The minimum atomic E-state index is -0.840. The van der Waals surface area contributed by atoms with Gasteiger partial charge in [0.25, 0.3) is 5.91 Å². The highest BCUT2D eigenvalue weighted by Crippen LogP contribution is 2.37. The van der Waals surface area contributed by atoms with Crippen molar-refractivity contribution in [2.75, 3.05) is 48.9 Å². The summed E-state index contributed by atoms with van der Waals surface area (Å²) in [6, 6.07) is 3.84. The molecule has 11 nitrogen and oxygen atoms in total. The van der Waals surface area contributed by atoms with Gasteiger partial charge < -0.3 is 19.7 Å². The third-order valence-corrected chi connectivity index (χ3v) is 9.00. The number of ether oxygens (including phenoxy) is 2. The van der Waals surface area contributed by atoms with Gasteiger partial charge in [-0.3, -0.25) is 19.7 Å². The molecule has 2 fully saturated rings. The fourth-order valence-corrected chi connectivity index (χ4v) is 6.56. The van der Waals surface area contributed by atoms with Crippen molar-refractivity contribution in [2.45, 2.75) is 64.1 Å². The molecule has 4 heterocycles. The number of benzene rings is 1. The van der Waals surface area contributed by atoms with Gasteiger partial charge in [0.1, 0.15) is 32.9 Å². The summed E-state index contributed by atoms with van der Waals surface area (Å²) in [6.07, 6.45) is 3.65. The van der Waals surface area contributed by atoms with Crippen molar-refractivity contribution in [3.05, 3.63) is 41.7 Å². The van der Waals surface area contributed by atoms with Crippen molar-refractivity contribution in [1.82, 2.24) is 19.7 Å². The topological polar surface area (TPSA) is 114 Å². The van der Waals surface area contributed by atoms with E-state index in [1.165, 1.54) is 6.07 Å². The maximum Gasteiger partial charge on any atom is 0.412 e. The molecular weight excluding hydrogens is 592 g/mol. The molecule has 2 aliphatic rings. The molecule has 2 N–H and O–H groups in total. The minimum Gasteiger partial charge on any atom is -0.444 e. The summed E-state index contributed by atoms with van der Waals surface area (Å²) < 4.78 is 41.9. The van der Waals surface area contributed by atoms with E-state index in [4.69, 9.17) is 9.47 Å². The van der Waals surface area contributed by atoms with Gasteiger partial charge >= 0.3 is 6.09 Å². The Morgan fingerprint density at radius 3 is 2.50 bits per heavy atom. The van der Waals surface area contributed by atoms with Gasteiger partial charge in [-0.05, 0) is 66.1 Å². The Morgan fingerprint density at radius 2 is 1.86 bits per heavy atom. The summed E-state index contributed by atoms with van der Waals surface area (Å²) in [5.41, 5.74) is -0.904. The molecule has 0 radical (unpaired) electrons. The van der Waals surface area contributed by atoms with E-state index in [0.717, 1.165) is 74.9 Å². The van der Waals surface area contributed by atoms with Crippen LogP contribution in [0.1, 0.15) is 57.4 Å².